The molecule has 0 radical (unpaired) electrons. The van der Waals surface area contributed by atoms with Gasteiger partial charge in [0, 0.05) is 12.0 Å². The third-order valence-electron chi connectivity index (χ3n) is 2.08. The summed E-state index contributed by atoms with van der Waals surface area (Å²) < 4.78 is 27.4. The molecule has 4 nitrogen and oxygen atoms in total. The van der Waals surface area contributed by atoms with Gasteiger partial charge in [0.05, 0.1) is 18.6 Å². The lowest BCUT2D eigenvalue weighted by molar-refractivity contribution is 0.415. The molecule has 1 rings (SSSR count). The molecule has 0 heterocycles. The maximum Gasteiger partial charge on any atom is 0.155 e. The monoisotopic (exact) mass is 241 g/mol. The van der Waals surface area contributed by atoms with Gasteiger partial charge in [-0.1, -0.05) is 6.92 Å². The molecule has 1 aromatic carbocycles. The fourth-order valence-electron chi connectivity index (χ4n) is 1.04. The van der Waals surface area contributed by atoms with Crippen LogP contribution in [-0.4, -0.2) is 33.2 Å². The fourth-order valence-corrected chi connectivity index (χ4v) is 1.58. The third-order valence-corrected chi connectivity index (χ3v) is 3.62. The molecule has 5 heteroatoms. The van der Waals surface area contributed by atoms with Gasteiger partial charge in [-0.2, -0.15) is 0 Å². The Hall–Kier alpha value is -1.36. The van der Waals surface area contributed by atoms with E-state index in [4.69, 9.17) is 4.74 Å². The number of hydrogen-bond acceptors (Lipinski definition) is 4. The van der Waals surface area contributed by atoms with Gasteiger partial charge >= 0.3 is 0 Å². The number of rotatable bonds is 5. The molecule has 0 aliphatic rings. The van der Waals surface area contributed by atoms with Gasteiger partial charge in [0.25, 0.3) is 0 Å². The predicted molar refractivity (Wildman–Crippen MR) is 65.5 cm³/mol. The highest BCUT2D eigenvalue weighted by molar-refractivity contribution is 7.91. The highest BCUT2D eigenvalue weighted by Crippen LogP contribution is 2.16. The number of aliphatic imine (C=N–C) groups is 1. The minimum atomic E-state index is -2.98. The van der Waals surface area contributed by atoms with Crippen LogP contribution in [0.5, 0.6) is 5.75 Å². The van der Waals surface area contributed by atoms with Crippen LogP contribution >= 0.6 is 0 Å². The largest absolute Gasteiger partial charge is 0.497 e. The normalized spacial score (nSPS) is 11.9. The summed E-state index contributed by atoms with van der Waals surface area (Å²) in [6.07, 6.45) is 1.42. The van der Waals surface area contributed by atoms with Gasteiger partial charge in [0.15, 0.2) is 9.84 Å². The van der Waals surface area contributed by atoms with E-state index in [-0.39, 0.29) is 11.5 Å². The van der Waals surface area contributed by atoms with Crippen LogP contribution in [-0.2, 0) is 9.84 Å². The van der Waals surface area contributed by atoms with Crippen LogP contribution in [0, 0.1) is 0 Å². The van der Waals surface area contributed by atoms with Crippen molar-refractivity contribution < 1.29 is 13.2 Å². The van der Waals surface area contributed by atoms with Gasteiger partial charge < -0.3 is 4.74 Å². The molecule has 1 aromatic rings. The van der Waals surface area contributed by atoms with Crippen molar-refractivity contribution in [3.8, 4) is 5.75 Å². The molecular formula is C11H15NO3S. The summed E-state index contributed by atoms with van der Waals surface area (Å²) in [5.41, 5.74) is 0.715. The van der Waals surface area contributed by atoms with E-state index in [1.165, 1.54) is 6.21 Å². The summed E-state index contributed by atoms with van der Waals surface area (Å²) in [4.78, 5) is 4.06. The van der Waals surface area contributed by atoms with E-state index in [9.17, 15) is 8.42 Å². The minimum absolute atomic E-state index is 0.0183. The zero-order chi connectivity index (χ0) is 12.0. The molecule has 0 N–H and O–H groups in total. The first-order chi connectivity index (χ1) is 7.57. The van der Waals surface area contributed by atoms with Gasteiger partial charge in [-0.25, -0.2) is 8.42 Å². The van der Waals surface area contributed by atoms with Crippen LogP contribution in [0.3, 0.4) is 0 Å². The van der Waals surface area contributed by atoms with Crippen molar-refractivity contribution in [3.63, 3.8) is 0 Å². The van der Waals surface area contributed by atoms with Crippen LogP contribution in [0.25, 0.3) is 0 Å². The number of methoxy groups -OCH3 is 1. The van der Waals surface area contributed by atoms with Crippen molar-refractivity contribution >= 4 is 21.7 Å². The molecule has 0 saturated heterocycles. The molecule has 16 heavy (non-hydrogen) atoms. The second-order valence-electron chi connectivity index (χ2n) is 3.21. The second kappa shape index (κ2) is 5.65. The Morgan fingerprint density at radius 3 is 2.44 bits per heavy atom. The molecule has 0 bridgehead atoms. The summed E-state index contributed by atoms with van der Waals surface area (Å²) in [7, 11) is -1.39. The van der Waals surface area contributed by atoms with Gasteiger partial charge in [0.1, 0.15) is 5.75 Å². The van der Waals surface area contributed by atoms with Crippen LogP contribution in [0.2, 0.25) is 0 Å². The van der Waals surface area contributed by atoms with E-state index in [2.05, 4.69) is 4.99 Å². The summed E-state index contributed by atoms with van der Waals surface area (Å²) in [6.45, 7) is 1.62. The Labute approximate surface area is 95.9 Å². The van der Waals surface area contributed by atoms with Crippen LogP contribution in [0.15, 0.2) is 29.3 Å². The predicted octanol–water partition coefficient (Wildman–Crippen LogP) is 1.83. The zero-order valence-electron chi connectivity index (χ0n) is 9.38. The molecule has 0 atom stereocenters. The number of benzene rings is 1. The second-order valence-corrected chi connectivity index (χ2v) is 5.61. The quantitative estimate of drug-likeness (QED) is 0.739. The lowest BCUT2D eigenvalue weighted by Crippen LogP contribution is -2.09. The average molecular weight is 241 g/mol. The Morgan fingerprint density at radius 2 is 1.94 bits per heavy atom. The lowest BCUT2D eigenvalue weighted by atomic mass is 10.3. The Balaban J connectivity index is 2.63. The zero-order valence-corrected chi connectivity index (χ0v) is 10.2. The highest BCUT2D eigenvalue weighted by atomic mass is 32.2. The van der Waals surface area contributed by atoms with Gasteiger partial charge in [-0.15, -0.1) is 0 Å². The first-order valence-corrected chi connectivity index (χ1v) is 6.76. The number of nitrogens with zero attached hydrogens (tertiary/aromatic N) is 1. The molecule has 0 saturated carbocycles. The molecule has 0 amide bonds. The molecule has 0 spiro atoms. The van der Waals surface area contributed by atoms with Crippen LogP contribution in [0.1, 0.15) is 6.92 Å². The molecule has 0 aliphatic carbocycles. The van der Waals surface area contributed by atoms with E-state index < -0.39 is 9.84 Å². The van der Waals surface area contributed by atoms with Crippen molar-refractivity contribution in [2.75, 3.05) is 18.6 Å². The number of sulfone groups is 1. The van der Waals surface area contributed by atoms with Gasteiger partial charge in [-0.05, 0) is 24.3 Å². The van der Waals surface area contributed by atoms with Gasteiger partial charge in [-0.3, -0.25) is 4.99 Å². The van der Waals surface area contributed by atoms with Crippen molar-refractivity contribution in [1.29, 1.82) is 0 Å². The van der Waals surface area contributed by atoms with Crippen molar-refractivity contribution in [2.45, 2.75) is 6.92 Å². The van der Waals surface area contributed by atoms with Crippen LogP contribution in [0.4, 0.5) is 5.69 Å². The highest BCUT2D eigenvalue weighted by Gasteiger charge is 2.03. The number of ether oxygens (including phenoxy) is 1. The van der Waals surface area contributed by atoms with E-state index in [0.29, 0.717) is 5.69 Å². The smallest absolute Gasteiger partial charge is 0.155 e. The molecule has 88 valence electrons. The fraction of sp³-hybridized carbons (Fsp3) is 0.364. The molecule has 0 fully saturated rings. The van der Waals surface area contributed by atoms with E-state index in [1.54, 1.807) is 38.3 Å². The molecular weight excluding hydrogens is 226 g/mol. The lowest BCUT2D eigenvalue weighted by Gasteiger charge is -1.99. The SMILES string of the molecule is CCS(=O)(=O)CC=Nc1ccc(OC)cc1. The first-order valence-electron chi connectivity index (χ1n) is 4.94. The van der Waals surface area contributed by atoms with Crippen molar-refractivity contribution in [1.82, 2.24) is 0 Å². The molecule has 0 aromatic heterocycles. The maximum absolute atomic E-state index is 11.2. The Bertz CT molecular complexity index is 449. The standard InChI is InChI=1S/C11H15NO3S/c1-3-16(13,14)9-8-12-10-4-6-11(15-2)7-5-10/h4-8H,3,9H2,1-2H3. The number of hydrogen-bond donors (Lipinski definition) is 0. The average Bonchev–Trinajstić information content (AvgIpc) is 2.30. The summed E-state index contributed by atoms with van der Waals surface area (Å²) in [5.74, 6) is 0.872. The Kier molecular flexibility index (Phi) is 4.49. The Morgan fingerprint density at radius 1 is 1.31 bits per heavy atom. The van der Waals surface area contributed by atoms with Gasteiger partial charge in [0.2, 0.25) is 0 Å². The summed E-state index contributed by atoms with van der Waals surface area (Å²) >= 11 is 0. The van der Waals surface area contributed by atoms with E-state index >= 15 is 0 Å². The molecule has 0 unspecified atom stereocenters. The topological polar surface area (TPSA) is 55.7 Å². The maximum atomic E-state index is 11.2. The minimum Gasteiger partial charge on any atom is -0.497 e. The molecule has 0 aliphatic heterocycles. The summed E-state index contributed by atoms with van der Waals surface area (Å²) in [6, 6.07) is 7.10. The van der Waals surface area contributed by atoms with E-state index in [1.807, 2.05) is 0 Å². The third kappa shape index (κ3) is 4.02. The van der Waals surface area contributed by atoms with Crippen LogP contribution < -0.4 is 4.74 Å². The van der Waals surface area contributed by atoms with Crippen molar-refractivity contribution in [2.24, 2.45) is 4.99 Å². The van der Waals surface area contributed by atoms with E-state index in [0.717, 1.165) is 5.75 Å². The van der Waals surface area contributed by atoms with Crippen molar-refractivity contribution in [3.05, 3.63) is 24.3 Å². The first kappa shape index (κ1) is 12.7. The summed E-state index contributed by atoms with van der Waals surface area (Å²) in [5, 5.41) is 0.